The predicted octanol–water partition coefficient (Wildman–Crippen LogP) is 5.90. The van der Waals surface area contributed by atoms with Crippen LogP contribution in [0.2, 0.25) is 0 Å². The van der Waals surface area contributed by atoms with Gasteiger partial charge in [0.25, 0.3) is 0 Å². The van der Waals surface area contributed by atoms with Crippen LogP contribution in [0, 0.1) is 0 Å². The Labute approximate surface area is 164 Å². The minimum absolute atomic E-state index is 0.0761. The van der Waals surface area contributed by atoms with Gasteiger partial charge in [-0.2, -0.15) is 0 Å². The Morgan fingerprint density at radius 1 is 0.821 bits per heavy atom. The summed E-state index contributed by atoms with van der Waals surface area (Å²) in [6, 6.07) is 2.62. The standard InChI is InChI=1S/C20H29F3O5/c1-4-7-12-25-16-11-10-15(19(24)28-20(21,22)23)17(26-13-8-5-2)18(16)27-14-9-6-3/h10-11H,4-9,12-14H2,1-3H3. The van der Waals surface area contributed by atoms with Crippen molar-refractivity contribution in [2.24, 2.45) is 0 Å². The van der Waals surface area contributed by atoms with Gasteiger partial charge in [0.05, 0.1) is 19.8 Å². The van der Waals surface area contributed by atoms with Crippen LogP contribution in [0.5, 0.6) is 17.2 Å². The van der Waals surface area contributed by atoms with Crippen LogP contribution in [-0.4, -0.2) is 32.2 Å². The van der Waals surface area contributed by atoms with Crippen LogP contribution in [0.3, 0.4) is 0 Å². The molecular weight excluding hydrogens is 377 g/mol. The lowest BCUT2D eigenvalue weighted by atomic mass is 10.1. The molecule has 1 aromatic rings. The van der Waals surface area contributed by atoms with E-state index in [1.807, 2.05) is 20.8 Å². The van der Waals surface area contributed by atoms with Gasteiger partial charge in [0.1, 0.15) is 5.56 Å². The maximum absolute atomic E-state index is 12.5. The fourth-order valence-corrected chi connectivity index (χ4v) is 2.22. The highest BCUT2D eigenvalue weighted by Gasteiger charge is 2.36. The second-order valence-electron chi connectivity index (χ2n) is 6.21. The van der Waals surface area contributed by atoms with E-state index in [4.69, 9.17) is 14.2 Å². The van der Waals surface area contributed by atoms with Gasteiger partial charge in [-0.25, -0.2) is 4.79 Å². The van der Waals surface area contributed by atoms with E-state index in [9.17, 15) is 18.0 Å². The topological polar surface area (TPSA) is 54.0 Å². The molecule has 1 rings (SSSR count). The highest BCUT2D eigenvalue weighted by molar-refractivity contribution is 5.94. The van der Waals surface area contributed by atoms with E-state index < -0.39 is 12.3 Å². The molecule has 0 atom stereocenters. The van der Waals surface area contributed by atoms with E-state index in [1.54, 1.807) is 0 Å². The zero-order valence-corrected chi connectivity index (χ0v) is 16.7. The highest BCUT2D eigenvalue weighted by atomic mass is 19.4. The lowest BCUT2D eigenvalue weighted by Crippen LogP contribution is -2.20. The molecule has 0 saturated heterocycles. The Bertz CT molecular complexity index is 602. The number of alkyl halides is 3. The number of esters is 1. The SMILES string of the molecule is CCCCOc1ccc(C(=O)OC(F)(F)F)c(OCCCC)c1OCCCC. The van der Waals surface area contributed by atoms with E-state index in [0.717, 1.165) is 32.1 Å². The number of hydrogen-bond acceptors (Lipinski definition) is 5. The summed E-state index contributed by atoms with van der Waals surface area (Å²) in [6.07, 6.45) is -0.268. The second-order valence-corrected chi connectivity index (χ2v) is 6.21. The molecule has 0 amide bonds. The van der Waals surface area contributed by atoms with Crippen LogP contribution in [0.15, 0.2) is 12.1 Å². The van der Waals surface area contributed by atoms with Crippen molar-refractivity contribution in [2.75, 3.05) is 19.8 Å². The van der Waals surface area contributed by atoms with Crippen molar-refractivity contribution in [2.45, 2.75) is 65.7 Å². The Morgan fingerprint density at radius 2 is 1.32 bits per heavy atom. The monoisotopic (exact) mass is 406 g/mol. The van der Waals surface area contributed by atoms with Gasteiger partial charge >= 0.3 is 12.3 Å². The first-order valence-electron chi connectivity index (χ1n) is 9.69. The lowest BCUT2D eigenvalue weighted by Gasteiger charge is -2.19. The molecule has 28 heavy (non-hydrogen) atoms. The quantitative estimate of drug-likeness (QED) is 0.302. The molecule has 0 bridgehead atoms. The number of ether oxygens (including phenoxy) is 4. The van der Waals surface area contributed by atoms with Crippen LogP contribution in [0.1, 0.15) is 69.7 Å². The first-order chi connectivity index (χ1) is 13.3. The van der Waals surface area contributed by atoms with Crippen molar-refractivity contribution >= 4 is 5.97 Å². The van der Waals surface area contributed by atoms with Crippen molar-refractivity contribution in [3.63, 3.8) is 0 Å². The summed E-state index contributed by atoms with van der Waals surface area (Å²) in [5, 5.41) is 0. The molecule has 0 aliphatic heterocycles. The number of carbonyl (C=O) groups excluding carboxylic acids is 1. The molecule has 0 fully saturated rings. The van der Waals surface area contributed by atoms with Crippen LogP contribution in [-0.2, 0) is 4.74 Å². The summed E-state index contributed by atoms with van der Waals surface area (Å²) < 4.78 is 58.3. The van der Waals surface area contributed by atoms with E-state index in [2.05, 4.69) is 4.74 Å². The average molecular weight is 406 g/mol. The Morgan fingerprint density at radius 3 is 1.82 bits per heavy atom. The molecule has 0 saturated carbocycles. The largest absolute Gasteiger partial charge is 0.575 e. The van der Waals surface area contributed by atoms with Gasteiger partial charge < -0.3 is 18.9 Å². The Kier molecular flexibility index (Phi) is 10.6. The van der Waals surface area contributed by atoms with Gasteiger partial charge in [0.2, 0.25) is 5.75 Å². The molecule has 0 radical (unpaired) electrons. The first-order valence-corrected chi connectivity index (χ1v) is 9.69. The molecule has 0 aliphatic carbocycles. The molecule has 0 spiro atoms. The second kappa shape index (κ2) is 12.4. The van der Waals surface area contributed by atoms with Crippen molar-refractivity contribution in [1.29, 1.82) is 0 Å². The Balaban J connectivity index is 3.27. The number of unbranched alkanes of at least 4 members (excludes halogenated alkanes) is 3. The zero-order chi connectivity index (χ0) is 21.0. The normalized spacial score (nSPS) is 11.2. The van der Waals surface area contributed by atoms with Gasteiger partial charge in [-0.3, -0.25) is 0 Å². The molecule has 8 heteroatoms. The molecule has 0 aliphatic rings. The highest BCUT2D eigenvalue weighted by Crippen LogP contribution is 2.41. The molecule has 0 heterocycles. The number of carbonyl (C=O) groups is 1. The number of rotatable bonds is 13. The van der Waals surface area contributed by atoms with Crippen LogP contribution >= 0.6 is 0 Å². The van der Waals surface area contributed by atoms with Crippen LogP contribution in [0.25, 0.3) is 0 Å². The molecule has 5 nitrogen and oxygen atoms in total. The average Bonchev–Trinajstić information content (AvgIpc) is 2.62. The first kappa shape index (κ1) is 23.9. The van der Waals surface area contributed by atoms with Crippen molar-refractivity contribution in [3.8, 4) is 17.2 Å². The molecule has 0 unspecified atom stereocenters. The number of hydrogen-bond donors (Lipinski definition) is 0. The fraction of sp³-hybridized carbons (Fsp3) is 0.650. The van der Waals surface area contributed by atoms with E-state index in [1.165, 1.54) is 12.1 Å². The lowest BCUT2D eigenvalue weighted by molar-refractivity contribution is -0.291. The van der Waals surface area contributed by atoms with Crippen molar-refractivity contribution < 1.29 is 36.9 Å². The van der Waals surface area contributed by atoms with E-state index in [0.29, 0.717) is 25.4 Å². The molecule has 1 aromatic carbocycles. The summed E-state index contributed by atoms with van der Waals surface area (Å²) in [6.45, 7) is 6.91. The summed E-state index contributed by atoms with van der Waals surface area (Å²) in [5.41, 5.74) is -0.345. The third-order valence-corrected chi connectivity index (χ3v) is 3.75. The van der Waals surface area contributed by atoms with Crippen molar-refractivity contribution in [1.82, 2.24) is 0 Å². The summed E-state index contributed by atoms with van der Waals surface area (Å²) in [7, 11) is 0. The fourth-order valence-electron chi connectivity index (χ4n) is 2.22. The van der Waals surface area contributed by atoms with Gasteiger partial charge in [0.15, 0.2) is 11.5 Å². The van der Waals surface area contributed by atoms with Gasteiger partial charge in [-0.1, -0.05) is 40.0 Å². The third-order valence-electron chi connectivity index (χ3n) is 3.75. The maximum atomic E-state index is 12.5. The van der Waals surface area contributed by atoms with E-state index >= 15 is 0 Å². The summed E-state index contributed by atoms with van der Waals surface area (Å²) in [5.74, 6) is -1.15. The van der Waals surface area contributed by atoms with Crippen molar-refractivity contribution in [3.05, 3.63) is 17.7 Å². The van der Waals surface area contributed by atoms with Crippen LogP contribution < -0.4 is 14.2 Å². The summed E-state index contributed by atoms with van der Waals surface area (Å²) >= 11 is 0. The maximum Gasteiger partial charge on any atom is 0.575 e. The summed E-state index contributed by atoms with van der Waals surface area (Å²) in [4.78, 5) is 12.0. The predicted molar refractivity (Wildman–Crippen MR) is 99.1 cm³/mol. The smallest absolute Gasteiger partial charge is 0.490 e. The van der Waals surface area contributed by atoms with Gasteiger partial charge in [-0.05, 0) is 31.4 Å². The molecule has 0 N–H and O–H groups in total. The van der Waals surface area contributed by atoms with Gasteiger partial charge in [-0.15, -0.1) is 13.2 Å². The van der Waals surface area contributed by atoms with E-state index in [-0.39, 0.29) is 23.7 Å². The minimum Gasteiger partial charge on any atom is -0.490 e. The molecule has 160 valence electrons. The van der Waals surface area contributed by atoms with Crippen LogP contribution in [0.4, 0.5) is 13.2 Å². The molecular formula is C20H29F3O5. The molecule has 0 aromatic heterocycles. The minimum atomic E-state index is -5.09. The number of benzene rings is 1. The Hall–Kier alpha value is -2.12. The number of halogens is 3. The third kappa shape index (κ3) is 8.27. The van der Waals surface area contributed by atoms with Gasteiger partial charge in [0, 0.05) is 0 Å². The zero-order valence-electron chi connectivity index (χ0n) is 16.7.